The average Bonchev–Trinajstić information content (AvgIpc) is 2.51. The summed E-state index contributed by atoms with van der Waals surface area (Å²) in [7, 11) is 0. The third-order valence-corrected chi connectivity index (χ3v) is 2.46. The van der Waals surface area contributed by atoms with E-state index in [0.717, 1.165) is 6.42 Å². The molecule has 1 saturated heterocycles. The van der Waals surface area contributed by atoms with E-state index in [0.29, 0.717) is 18.9 Å². The molecule has 3 atom stereocenters. The second-order valence-corrected chi connectivity index (χ2v) is 3.88. The molecule has 1 aliphatic rings. The summed E-state index contributed by atoms with van der Waals surface area (Å²) in [5.41, 5.74) is 0. The molecule has 3 unspecified atom stereocenters. The summed E-state index contributed by atoms with van der Waals surface area (Å²) >= 11 is 0. The van der Waals surface area contributed by atoms with E-state index in [1.807, 2.05) is 13.8 Å². The fourth-order valence-corrected chi connectivity index (χ4v) is 1.58. The molecule has 0 spiro atoms. The Morgan fingerprint density at radius 3 is 3.00 bits per heavy atom. The summed E-state index contributed by atoms with van der Waals surface area (Å²) in [6.45, 7) is 4.61. The first-order chi connectivity index (χ1) is 6.65. The van der Waals surface area contributed by atoms with E-state index in [4.69, 9.17) is 11.2 Å². The zero-order valence-corrected chi connectivity index (χ0v) is 8.75. The Balaban J connectivity index is 2.38. The molecule has 1 amide bonds. The van der Waals surface area contributed by atoms with Crippen LogP contribution in [0.5, 0.6) is 0 Å². The highest BCUT2D eigenvalue weighted by molar-refractivity contribution is 5.81. The molecule has 0 aromatic heterocycles. The lowest BCUT2D eigenvalue weighted by molar-refractivity contribution is -0.132. The molecule has 3 heteroatoms. The van der Waals surface area contributed by atoms with E-state index >= 15 is 0 Å². The summed E-state index contributed by atoms with van der Waals surface area (Å²) in [5.74, 6) is 2.80. The third kappa shape index (κ3) is 2.74. The summed E-state index contributed by atoms with van der Waals surface area (Å²) < 4.78 is 5.34. The zero-order valence-electron chi connectivity index (χ0n) is 8.75. The summed E-state index contributed by atoms with van der Waals surface area (Å²) in [6, 6.07) is 0.0314. The van der Waals surface area contributed by atoms with Crippen molar-refractivity contribution in [3.05, 3.63) is 0 Å². The van der Waals surface area contributed by atoms with Crippen molar-refractivity contribution in [2.75, 3.05) is 6.61 Å². The quantitative estimate of drug-likeness (QED) is 0.681. The van der Waals surface area contributed by atoms with Gasteiger partial charge in [-0.05, 0) is 19.3 Å². The molecule has 0 aliphatic carbocycles. The number of carbonyl (C=O) groups excluding carboxylic acids is 1. The smallest absolute Gasteiger partial charge is 0.249 e. The van der Waals surface area contributed by atoms with Gasteiger partial charge in [-0.2, -0.15) is 0 Å². The van der Waals surface area contributed by atoms with Gasteiger partial charge in [0.1, 0.15) is 6.10 Å². The number of rotatable bonds is 3. The Morgan fingerprint density at radius 1 is 1.79 bits per heavy atom. The number of hydrogen-bond acceptors (Lipinski definition) is 2. The molecular formula is C11H17NO2. The molecule has 0 saturated carbocycles. The molecule has 1 aliphatic heterocycles. The van der Waals surface area contributed by atoms with Crippen molar-refractivity contribution in [2.45, 2.75) is 38.8 Å². The van der Waals surface area contributed by atoms with Crippen LogP contribution in [-0.2, 0) is 9.53 Å². The lowest BCUT2D eigenvalue weighted by Gasteiger charge is -2.17. The summed E-state index contributed by atoms with van der Waals surface area (Å²) in [4.78, 5) is 11.6. The SMILES string of the molecule is C#CCC(C)NC(=O)C1OCCC1C. The number of carbonyl (C=O) groups is 1. The normalized spacial score (nSPS) is 28.1. The Kier molecular flexibility index (Phi) is 3.97. The zero-order chi connectivity index (χ0) is 10.6. The van der Waals surface area contributed by atoms with Gasteiger partial charge in [0.25, 0.3) is 0 Å². The van der Waals surface area contributed by atoms with Gasteiger partial charge < -0.3 is 10.1 Å². The number of nitrogens with one attached hydrogen (secondary N) is 1. The van der Waals surface area contributed by atoms with Crippen molar-refractivity contribution >= 4 is 5.91 Å². The van der Waals surface area contributed by atoms with Gasteiger partial charge in [-0.1, -0.05) is 6.92 Å². The maximum Gasteiger partial charge on any atom is 0.249 e. The van der Waals surface area contributed by atoms with Gasteiger partial charge in [-0.25, -0.2) is 0 Å². The van der Waals surface area contributed by atoms with Crippen LogP contribution in [0.4, 0.5) is 0 Å². The minimum atomic E-state index is -0.282. The lowest BCUT2D eigenvalue weighted by Crippen LogP contribution is -2.41. The van der Waals surface area contributed by atoms with E-state index < -0.39 is 0 Å². The summed E-state index contributed by atoms with van der Waals surface area (Å²) in [6.07, 6.45) is 6.39. The first-order valence-corrected chi connectivity index (χ1v) is 5.00. The van der Waals surface area contributed by atoms with Crippen LogP contribution in [0.3, 0.4) is 0 Å². The van der Waals surface area contributed by atoms with Crippen molar-refractivity contribution in [3.8, 4) is 12.3 Å². The van der Waals surface area contributed by atoms with E-state index in [1.54, 1.807) is 0 Å². The molecule has 14 heavy (non-hydrogen) atoms. The Labute approximate surface area is 85.2 Å². The predicted octanol–water partition coefficient (Wildman–Crippen LogP) is 0.939. The molecule has 3 nitrogen and oxygen atoms in total. The van der Waals surface area contributed by atoms with Gasteiger partial charge in [-0.15, -0.1) is 12.3 Å². The maximum absolute atomic E-state index is 11.6. The minimum Gasteiger partial charge on any atom is -0.368 e. The molecule has 1 N–H and O–H groups in total. The van der Waals surface area contributed by atoms with Gasteiger partial charge in [-0.3, -0.25) is 4.79 Å². The second kappa shape index (κ2) is 5.02. The van der Waals surface area contributed by atoms with E-state index in [1.165, 1.54) is 0 Å². The topological polar surface area (TPSA) is 38.3 Å². The van der Waals surface area contributed by atoms with Gasteiger partial charge in [0.15, 0.2) is 0 Å². The van der Waals surface area contributed by atoms with E-state index in [-0.39, 0.29) is 18.1 Å². The second-order valence-electron chi connectivity index (χ2n) is 3.88. The van der Waals surface area contributed by atoms with Crippen molar-refractivity contribution < 1.29 is 9.53 Å². The molecule has 0 bridgehead atoms. The first-order valence-electron chi connectivity index (χ1n) is 5.00. The van der Waals surface area contributed by atoms with Crippen LogP contribution in [0.1, 0.15) is 26.7 Å². The van der Waals surface area contributed by atoms with Crippen LogP contribution < -0.4 is 5.32 Å². The number of terminal acetylenes is 1. The van der Waals surface area contributed by atoms with Crippen LogP contribution in [0.15, 0.2) is 0 Å². The van der Waals surface area contributed by atoms with Crippen molar-refractivity contribution in [1.82, 2.24) is 5.32 Å². The standard InChI is InChI=1S/C11H17NO2/c1-4-5-9(3)12-11(13)10-8(2)6-7-14-10/h1,8-10H,5-7H2,2-3H3,(H,12,13). The van der Waals surface area contributed by atoms with E-state index in [9.17, 15) is 4.79 Å². The third-order valence-electron chi connectivity index (χ3n) is 2.46. The average molecular weight is 195 g/mol. The van der Waals surface area contributed by atoms with Gasteiger partial charge in [0.05, 0.1) is 0 Å². The lowest BCUT2D eigenvalue weighted by atomic mass is 10.0. The summed E-state index contributed by atoms with van der Waals surface area (Å²) in [5, 5.41) is 2.85. The van der Waals surface area contributed by atoms with Gasteiger partial charge in [0, 0.05) is 19.1 Å². The monoisotopic (exact) mass is 195 g/mol. The predicted molar refractivity (Wildman–Crippen MR) is 54.6 cm³/mol. The molecule has 0 radical (unpaired) electrons. The molecule has 0 aromatic rings. The fourth-order valence-electron chi connectivity index (χ4n) is 1.58. The van der Waals surface area contributed by atoms with E-state index in [2.05, 4.69) is 11.2 Å². The number of amides is 1. The Morgan fingerprint density at radius 2 is 2.50 bits per heavy atom. The van der Waals surface area contributed by atoms with Crippen LogP contribution in [0.2, 0.25) is 0 Å². The fraction of sp³-hybridized carbons (Fsp3) is 0.727. The van der Waals surface area contributed by atoms with Crippen molar-refractivity contribution in [2.24, 2.45) is 5.92 Å². The molecular weight excluding hydrogens is 178 g/mol. The highest BCUT2D eigenvalue weighted by atomic mass is 16.5. The number of ether oxygens (including phenoxy) is 1. The van der Waals surface area contributed by atoms with Crippen molar-refractivity contribution in [1.29, 1.82) is 0 Å². The first kappa shape index (κ1) is 11.1. The molecule has 1 rings (SSSR count). The molecule has 1 fully saturated rings. The molecule has 0 aromatic carbocycles. The Hall–Kier alpha value is -1.01. The molecule has 78 valence electrons. The van der Waals surface area contributed by atoms with Crippen LogP contribution in [0, 0.1) is 18.3 Å². The maximum atomic E-state index is 11.6. The number of hydrogen-bond donors (Lipinski definition) is 1. The Bertz CT molecular complexity index is 244. The molecule has 1 heterocycles. The van der Waals surface area contributed by atoms with Crippen molar-refractivity contribution in [3.63, 3.8) is 0 Å². The van der Waals surface area contributed by atoms with Crippen LogP contribution in [-0.4, -0.2) is 24.7 Å². The van der Waals surface area contributed by atoms with Crippen LogP contribution in [0.25, 0.3) is 0 Å². The van der Waals surface area contributed by atoms with Gasteiger partial charge in [0.2, 0.25) is 5.91 Å². The van der Waals surface area contributed by atoms with Gasteiger partial charge >= 0.3 is 0 Å². The largest absolute Gasteiger partial charge is 0.368 e. The highest BCUT2D eigenvalue weighted by Gasteiger charge is 2.31. The minimum absolute atomic E-state index is 0.0299. The van der Waals surface area contributed by atoms with Crippen LogP contribution >= 0.6 is 0 Å². The highest BCUT2D eigenvalue weighted by Crippen LogP contribution is 2.20.